The molecule has 330 valence electrons. The molecule has 3 fully saturated rings. The molecule has 18 heteroatoms. The van der Waals surface area contributed by atoms with E-state index in [4.69, 9.17) is 9.47 Å². The maximum atomic E-state index is 17.7. The minimum Gasteiger partial charge on any atom is -0.475 e. The van der Waals surface area contributed by atoms with Crippen molar-refractivity contribution in [2.75, 3.05) is 6.67 Å². The molecule has 2 aromatic rings. The second-order valence-corrected chi connectivity index (χ2v) is 19.8. The fraction of sp³-hybridized carbons (Fsp3) is 0.643. The molecule has 2 aliphatic carbocycles. The molecule has 1 saturated heterocycles. The molecule has 0 spiro atoms. The van der Waals surface area contributed by atoms with Crippen LogP contribution in [0.4, 0.5) is 18.0 Å². The van der Waals surface area contributed by atoms with Gasteiger partial charge in [-0.3, -0.25) is 28.9 Å². The number of carboxylic acid groups (broad SMARTS) is 1. The minimum absolute atomic E-state index is 0.0138. The van der Waals surface area contributed by atoms with E-state index >= 15 is 13.6 Å². The number of sulfonamides is 1. The van der Waals surface area contributed by atoms with E-state index in [1.165, 1.54) is 0 Å². The van der Waals surface area contributed by atoms with Crippen molar-refractivity contribution in [1.82, 2.24) is 24.8 Å². The molecule has 1 aromatic heterocycles. The Labute approximate surface area is 348 Å². The van der Waals surface area contributed by atoms with Gasteiger partial charge in [0.1, 0.15) is 29.0 Å². The van der Waals surface area contributed by atoms with Crippen molar-refractivity contribution in [2.45, 2.75) is 146 Å². The average Bonchev–Trinajstić information content (AvgIpc) is 4.09. The second kappa shape index (κ2) is 16.3. The SMILES string of the molecule is CCC(C)N(C(=O)O)[C@@H]1C(=O)N2[C@@H](C[C@@](C)(Oc3nc(OC(C)C)cc4ccccc34)C2(F)F)C(=O)N[C@]2(C(=O)NS(=O)(=O)C3(CF)CC3)C[C@H]2/C=C\CC[C@H](C)C[C@H]1C. The van der Waals surface area contributed by atoms with Gasteiger partial charge in [0, 0.05) is 29.8 Å². The van der Waals surface area contributed by atoms with Crippen LogP contribution in [-0.2, 0) is 24.4 Å². The fourth-order valence-corrected chi connectivity index (χ4v) is 10.1. The fourth-order valence-electron chi connectivity index (χ4n) is 8.67. The van der Waals surface area contributed by atoms with Gasteiger partial charge in [-0.15, -0.1) is 0 Å². The number of halogens is 3. The van der Waals surface area contributed by atoms with Crippen LogP contribution in [0.5, 0.6) is 11.8 Å². The van der Waals surface area contributed by atoms with Gasteiger partial charge in [0.15, 0.2) is 5.60 Å². The van der Waals surface area contributed by atoms with Gasteiger partial charge in [0.25, 0.3) is 11.8 Å². The van der Waals surface area contributed by atoms with Crippen molar-refractivity contribution in [3.63, 3.8) is 0 Å². The van der Waals surface area contributed by atoms with E-state index in [-0.39, 0.29) is 60.8 Å². The first-order chi connectivity index (χ1) is 28.1. The molecule has 6 rings (SSSR count). The number of aromatic nitrogens is 1. The van der Waals surface area contributed by atoms with Gasteiger partial charge >= 0.3 is 12.1 Å². The number of ether oxygens (including phenoxy) is 2. The molecule has 2 saturated carbocycles. The van der Waals surface area contributed by atoms with E-state index in [0.29, 0.717) is 23.6 Å². The summed E-state index contributed by atoms with van der Waals surface area (Å²) in [6, 6.07) is -0.581. The third-order valence-electron chi connectivity index (χ3n) is 12.7. The zero-order chi connectivity index (χ0) is 44.2. The molecule has 4 aliphatic rings. The Morgan fingerprint density at radius 3 is 2.43 bits per heavy atom. The van der Waals surface area contributed by atoms with Gasteiger partial charge in [-0.2, -0.15) is 13.8 Å². The molecule has 3 heterocycles. The van der Waals surface area contributed by atoms with E-state index in [1.807, 2.05) is 11.6 Å². The number of nitrogens with zero attached hydrogens (tertiary/aromatic N) is 3. The maximum Gasteiger partial charge on any atom is 0.408 e. The highest BCUT2D eigenvalue weighted by molar-refractivity contribution is 7.91. The highest BCUT2D eigenvalue weighted by atomic mass is 32.2. The Morgan fingerprint density at radius 1 is 1.13 bits per heavy atom. The molecule has 60 heavy (non-hydrogen) atoms. The molecule has 0 radical (unpaired) electrons. The summed E-state index contributed by atoms with van der Waals surface area (Å²) in [4.78, 5) is 62.3. The summed E-state index contributed by atoms with van der Waals surface area (Å²) in [5, 5.41) is 14.0. The van der Waals surface area contributed by atoms with Gasteiger partial charge in [0.05, 0.1) is 6.10 Å². The molecule has 14 nitrogen and oxygen atoms in total. The first kappa shape index (κ1) is 44.9. The number of carbonyl (C=O) groups excluding carboxylic acids is 3. The first-order valence-corrected chi connectivity index (χ1v) is 22.1. The van der Waals surface area contributed by atoms with Crippen LogP contribution in [0.3, 0.4) is 0 Å². The van der Waals surface area contributed by atoms with E-state index in [2.05, 4.69) is 10.3 Å². The number of pyridine rings is 1. The van der Waals surface area contributed by atoms with Crippen molar-refractivity contribution in [3.05, 3.63) is 42.5 Å². The average molecular weight is 864 g/mol. The van der Waals surface area contributed by atoms with E-state index in [9.17, 15) is 32.3 Å². The summed E-state index contributed by atoms with van der Waals surface area (Å²) in [6.07, 6.45) is 2.09. The van der Waals surface area contributed by atoms with Crippen LogP contribution in [0.1, 0.15) is 99.8 Å². The van der Waals surface area contributed by atoms with E-state index < -0.39 is 98.8 Å². The molecule has 1 aromatic carbocycles. The highest BCUT2D eigenvalue weighted by Crippen LogP contribution is 2.52. The molecule has 8 atom stereocenters. The number of alkyl halides is 3. The summed E-state index contributed by atoms with van der Waals surface area (Å²) in [7, 11) is -4.55. The third-order valence-corrected chi connectivity index (χ3v) is 14.8. The third kappa shape index (κ3) is 8.11. The van der Waals surface area contributed by atoms with Gasteiger partial charge in [-0.1, -0.05) is 51.1 Å². The van der Waals surface area contributed by atoms with E-state index in [1.54, 1.807) is 77.1 Å². The smallest absolute Gasteiger partial charge is 0.408 e. The van der Waals surface area contributed by atoms with Gasteiger partial charge in [0.2, 0.25) is 27.7 Å². The topological polar surface area (TPSA) is 185 Å². The molecule has 3 N–H and O–H groups in total. The summed E-state index contributed by atoms with van der Waals surface area (Å²) in [5.74, 6) is -5.65. The van der Waals surface area contributed by atoms with Crippen molar-refractivity contribution in [2.24, 2.45) is 17.8 Å². The predicted molar refractivity (Wildman–Crippen MR) is 215 cm³/mol. The van der Waals surface area contributed by atoms with E-state index in [0.717, 1.165) is 11.8 Å². The number of amides is 4. The lowest BCUT2D eigenvalue weighted by molar-refractivity contribution is -0.219. The number of allylic oxidation sites excluding steroid dienone is 1. The quantitative estimate of drug-likeness (QED) is 0.170. The zero-order valence-corrected chi connectivity index (χ0v) is 35.9. The number of fused-ring (bicyclic) bond motifs is 3. The van der Waals surface area contributed by atoms with Gasteiger partial charge < -0.3 is 19.9 Å². The molecule has 1 unspecified atom stereocenters. The van der Waals surface area contributed by atoms with Crippen molar-refractivity contribution in [1.29, 1.82) is 0 Å². The number of rotatable bonds is 11. The molecule has 0 bridgehead atoms. The highest BCUT2D eigenvalue weighted by Gasteiger charge is 2.71. The lowest BCUT2D eigenvalue weighted by Gasteiger charge is -2.42. The second-order valence-electron chi connectivity index (χ2n) is 17.7. The predicted octanol–water partition coefficient (Wildman–Crippen LogP) is 6.34. The first-order valence-electron chi connectivity index (χ1n) is 20.7. The number of hydrogen-bond donors (Lipinski definition) is 3. The Hall–Kier alpha value is -4.61. The normalized spacial score (nSPS) is 31.1. The number of benzene rings is 1. The largest absolute Gasteiger partial charge is 0.475 e. The van der Waals surface area contributed by atoms with Crippen molar-refractivity contribution in [3.8, 4) is 11.8 Å². The lowest BCUT2D eigenvalue weighted by Crippen LogP contribution is -2.64. The molecule has 4 amide bonds. The lowest BCUT2D eigenvalue weighted by atomic mass is 9.86. The number of carbonyl (C=O) groups is 4. The van der Waals surface area contributed by atoms with Gasteiger partial charge in [-0.25, -0.2) is 17.6 Å². The van der Waals surface area contributed by atoms with Crippen LogP contribution in [0, 0.1) is 17.8 Å². The molecular weight excluding hydrogens is 808 g/mol. The summed E-state index contributed by atoms with van der Waals surface area (Å²) < 4.78 is 88.1. The number of hydrogen-bond acceptors (Lipinski definition) is 9. The summed E-state index contributed by atoms with van der Waals surface area (Å²) >= 11 is 0. The Kier molecular flexibility index (Phi) is 12.2. The minimum atomic E-state index is -4.55. The molecule has 2 aliphatic heterocycles. The number of nitrogens with one attached hydrogen (secondary N) is 2. The van der Waals surface area contributed by atoms with Crippen molar-refractivity contribution >= 4 is 44.6 Å². The Balaban J connectivity index is 1.49. The van der Waals surface area contributed by atoms with Crippen LogP contribution in [0.25, 0.3) is 10.8 Å². The Morgan fingerprint density at radius 2 is 1.82 bits per heavy atom. The van der Waals surface area contributed by atoms with Crippen LogP contribution >= 0.6 is 0 Å². The standard InChI is InChI=1S/C42H56F3N5O9S/c1-8-27(6)49(38(54)55)33-26(5)19-25(4)13-9-11-15-29-21-41(29,37(53)48-60(56,57)40(23-43)17-18-40)47-34(51)31-22-39(7,42(44,45)50(31)36(33)52)59-35-30-16-12-10-14-28(30)20-32(46-35)58-24(2)3/h10-12,14-16,20,24-27,29,31,33H,8-9,13,17-19,21-23H2,1-7H3,(H,47,51)(H,48,53)(H,54,55)/b15-11-/t25-,26+,27?,29+,31-,33-,39+,41+/m0/s1. The molecular formula is C42H56F3N5O9S. The van der Waals surface area contributed by atoms with Gasteiger partial charge in [-0.05, 0) is 95.9 Å². The van der Waals surface area contributed by atoms with Crippen molar-refractivity contribution < 1.29 is 55.3 Å². The van der Waals surface area contributed by atoms with Crippen LogP contribution in [-0.4, -0.2) is 105 Å². The van der Waals surface area contributed by atoms with Crippen LogP contribution < -0.4 is 19.5 Å². The van der Waals surface area contributed by atoms with Crippen LogP contribution in [0.15, 0.2) is 42.5 Å². The monoisotopic (exact) mass is 863 g/mol. The zero-order valence-electron chi connectivity index (χ0n) is 35.0. The summed E-state index contributed by atoms with van der Waals surface area (Å²) in [6.45, 7) is 10.1. The Bertz CT molecular complexity index is 2150. The maximum absolute atomic E-state index is 17.7. The summed E-state index contributed by atoms with van der Waals surface area (Å²) in [5.41, 5.74) is -4.66. The van der Waals surface area contributed by atoms with Crippen LogP contribution in [0.2, 0.25) is 0 Å².